The lowest BCUT2D eigenvalue weighted by Gasteiger charge is -2.23. The van der Waals surface area contributed by atoms with Crippen LogP contribution in [0.3, 0.4) is 0 Å². The SMILES string of the molecule is Fc1cncnc1NC1CCCCC1. The Kier molecular flexibility index (Phi) is 2.91. The Bertz CT molecular complexity index is 297. The number of hydrogen-bond acceptors (Lipinski definition) is 3. The summed E-state index contributed by atoms with van der Waals surface area (Å²) in [5, 5.41) is 3.12. The van der Waals surface area contributed by atoms with Crippen molar-refractivity contribution >= 4 is 5.82 Å². The van der Waals surface area contributed by atoms with Gasteiger partial charge in [-0.2, -0.15) is 0 Å². The van der Waals surface area contributed by atoms with Crippen LogP contribution < -0.4 is 5.32 Å². The van der Waals surface area contributed by atoms with Crippen LogP contribution in [0.15, 0.2) is 12.5 Å². The molecule has 1 heterocycles. The number of nitrogens with one attached hydrogen (secondary N) is 1. The Morgan fingerprint density at radius 1 is 1.29 bits per heavy atom. The van der Waals surface area contributed by atoms with Crippen LogP contribution in [0.5, 0.6) is 0 Å². The van der Waals surface area contributed by atoms with Crippen LogP contribution in [0, 0.1) is 5.82 Å². The van der Waals surface area contributed by atoms with Gasteiger partial charge < -0.3 is 5.32 Å². The number of nitrogens with zero attached hydrogens (tertiary/aromatic N) is 2. The average molecular weight is 195 g/mol. The van der Waals surface area contributed by atoms with Gasteiger partial charge in [0.2, 0.25) is 0 Å². The van der Waals surface area contributed by atoms with Crippen LogP contribution in [0.25, 0.3) is 0 Å². The zero-order valence-corrected chi connectivity index (χ0v) is 8.04. The molecule has 0 aromatic carbocycles. The van der Waals surface area contributed by atoms with E-state index in [4.69, 9.17) is 0 Å². The van der Waals surface area contributed by atoms with Crippen molar-refractivity contribution in [3.8, 4) is 0 Å². The molecule has 0 amide bonds. The normalized spacial score (nSPS) is 18.1. The summed E-state index contributed by atoms with van der Waals surface area (Å²) in [6.45, 7) is 0. The van der Waals surface area contributed by atoms with Gasteiger partial charge in [-0.25, -0.2) is 14.4 Å². The van der Waals surface area contributed by atoms with E-state index in [1.54, 1.807) is 0 Å². The van der Waals surface area contributed by atoms with Crippen LogP contribution in [0.1, 0.15) is 32.1 Å². The number of rotatable bonds is 2. The molecule has 3 nitrogen and oxygen atoms in total. The highest BCUT2D eigenvalue weighted by atomic mass is 19.1. The lowest BCUT2D eigenvalue weighted by atomic mass is 9.95. The fourth-order valence-electron chi connectivity index (χ4n) is 1.86. The van der Waals surface area contributed by atoms with Crippen molar-refractivity contribution in [3.05, 3.63) is 18.3 Å². The fourth-order valence-corrected chi connectivity index (χ4v) is 1.86. The molecule has 0 spiro atoms. The zero-order chi connectivity index (χ0) is 9.80. The minimum absolute atomic E-state index is 0.340. The molecule has 0 unspecified atom stereocenters. The zero-order valence-electron chi connectivity index (χ0n) is 8.04. The highest BCUT2D eigenvalue weighted by Gasteiger charge is 2.14. The molecule has 0 bridgehead atoms. The first-order valence-corrected chi connectivity index (χ1v) is 5.08. The van der Waals surface area contributed by atoms with Gasteiger partial charge in [-0.1, -0.05) is 19.3 Å². The lowest BCUT2D eigenvalue weighted by molar-refractivity contribution is 0.459. The van der Waals surface area contributed by atoms with E-state index in [1.807, 2.05) is 0 Å². The molecule has 1 aromatic heterocycles. The molecule has 4 heteroatoms. The summed E-state index contributed by atoms with van der Waals surface area (Å²) in [6, 6.07) is 0.383. The Morgan fingerprint density at radius 2 is 2.07 bits per heavy atom. The van der Waals surface area contributed by atoms with Crippen LogP contribution in [-0.2, 0) is 0 Å². The number of halogens is 1. The molecule has 0 aliphatic heterocycles. The van der Waals surface area contributed by atoms with E-state index in [9.17, 15) is 4.39 Å². The largest absolute Gasteiger partial charge is 0.365 e. The summed E-state index contributed by atoms with van der Waals surface area (Å²) in [4.78, 5) is 7.49. The third kappa shape index (κ3) is 2.19. The molecule has 0 atom stereocenters. The smallest absolute Gasteiger partial charge is 0.183 e. The Labute approximate surface area is 82.8 Å². The van der Waals surface area contributed by atoms with Crippen molar-refractivity contribution < 1.29 is 4.39 Å². The number of anilines is 1. The van der Waals surface area contributed by atoms with Crippen LogP contribution >= 0.6 is 0 Å². The summed E-state index contributed by atoms with van der Waals surface area (Å²) in [7, 11) is 0. The van der Waals surface area contributed by atoms with Gasteiger partial charge in [0.1, 0.15) is 6.33 Å². The Balaban J connectivity index is 1.99. The quantitative estimate of drug-likeness (QED) is 0.787. The van der Waals surface area contributed by atoms with Crippen molar-refractivity contribution in [1.29, 1.82) is 0 Å². The van der Waals surface area contributed by atoms with Gasteiger partial charge in [0, 0.05) is 6.04 Å². The lowest BCUT2D eigenvalue weighted by Crippen LogP contribution is -2.23. The molecular formula is C10H14FN3. The Morgan fingerprint density at radius 3 is 2.79 bits per heavy atom. The van der Waals surface area contributed by atoms with E-state index in [-0.39, 0.29) is 5.82 Å². The molecule has 0 saturated heterocycles. The molecule has 1 N–H and O–H groups in total. The van der Waals surface area contributed by atoms with Gasteiger partial charge in [0.15, 0.2) is 11.6 Å². The minimum atomic E-state index is -0.363. The highest BCUT2D eigenvalue weighted by Crippen LogP contribution is 2.21. The van der Waals surface area contributed by atoms with Crippen molar-refractivity contribution in [3.63, 3.8) is 0 Å². The standard InChI is InChI=1S/C10H14FN3/c11-9-6-12-7-13-10(9)14-8-4-2-1-3-5-8/h6-8H,1-5H2,(H,12,13,14). The van der Waals surface area contributed by atoms with Crippen LogP contribution in [0.2, 0.25) is 0 Å². The van der Waals surface area contributed by atoms with E-state index in [2.05, 4.69) is 15.3 Å². The van der Waals surface area contributed by atoms with Gasteiger partial charge >= 0.3 is 0 Å². The highest BCUT2D eigenvalue weighted by molar-refractivity contribution is 5.35. The molecule has 1 aliphatic carbocycles. The van der Waals surface area contributed by atoms with Crippen LogP contribution in [0.4, 0.5) is 10.2 Å². The molecular weight excluding hydrogens is 181 g/mol. The average Bonchev–Trinajstić information content (AvgIpc) is 2.23. The maximum Gasteiger partial charge on any atom is 0.183 e. The summed E-state index contributed by atoms with van der Waals surface area (Å²) >= 11 is 0. The topological polar surface area (TPSA) is 37.8 Å². The third-order valence-corrected chi connectivity index (χ3v) is 2.61. The van der Waals surface area contributed by atoms with Crippen molar-refractivity contribution in [2.24, 2.45) is 0 Å². The van der Waals surface area contributed by atoms with Gasteiger partial charge in [-0.3, -0.25) is 0 Å². The van der Waals surface area contributed by atoms with Gasteiger partial charge in [-0.15, -0.1) is 0 Å². The van der Waals surface area contributed by atoms with Gasteiger partial charge in [0.25, 0.3) is 0 Å². The predicted octanol–water partition coefficient (Wildman–Crippen LogP) is 2.36. The fraction of sp³-hybridized carbons (Fsp3) is 0.600. The summed E-state index contributed by atoms with van der Waals surface area (Å²) < 4.78 is 13.2. The second-order valence-electron chi connectivity index (χ2n) is 3.70. The Hall–Kier alpha value is -1.19. The summed E-state index contributed by atoms with van der Waals surface area (Å²) in [5.41, 5.74) is 0. The van der Waals surface area contributed by atoms with E-state index in [1.165, 1.54) is 31.8 Å². The van der Waals surface area contributed by atoms with E-state index >= 15 is 0 Å². The number of hydrogen-bond donors (Lipinski definition) is 1. The molecule has 0 radical (unpaired) electrons. The molecule has 1 aliphatic rings. The van der Waals surface area contributed by atoms with E-state index < -0.39 is 0 Å². The summed E-state index contributed by atoms with van der Waals surface area (Å²) in [5.74, 6) is -0.0232. The summed E-state index contributed by atoms with van der Waals surface area (Å²) in [6.07, 6.45) is 8.54. The molecule has 76 valence electrons. The molecule has 1 saturated carbocycles. The molecule has 2 rings (SSSR count). The van der Waals surface area contributed by atoms with Gasteiger partial charge in [-0.05, 0) is 12.8 Å². The monoisotopic (exact) mass is 195 g/mol. The van der Waals surface area contributed by atoms with Gasteiger partial charge in [0.05, 0.1) is 6.20 Å². The second kappa shape index (κ2) is 4.35. The first-order valence-electron chi connectivity index (χ1n) is 5.08. The third-order valence-electron chi connectivity index (χ3n) is 2.61. The first-order chi connectivity index (χ1) is 6.86. The maximum absolute atomic E-state index is 13.2. The number of aromatic nitrogens is 2. The van der Waals surface area contributed by atoms with Crippen LogP contribution in [-0.4, -0.2) is 16.0 Å². The maximum atomic E-state index is 13.2. The molecule has 1 fully saturated rings. The second-order valence-corrected chi connectivity index (χ2v) is 3.70. The van der Waals surface area contributed by atoms with Crippen molar-refractivity contribution in [2.75, 3.05) is 5.32 Å². The molecule has 14 heavy (non-hydrogen) atoms. The first kappa shape index (κ1) is 9.37. The predicted molar refractivity (Wildman–Crippen MR) is 52.5 cm³/mol. The molecule has 1 aromatic rings. The van der Waals surface area contributed by atoms with Crippen molar-refractivity contribution in [1.82, 2.24) is 9.97 Å². The minimum Gasteiger partial charge on any atom is -0.365 e. The van der Waals surface area contributed by atoms with E-state index in [0.717, 1.165) is 12.8 Å². The van der Waals surface area contributed by atoms with Crippen molar-refractivity contribution in [2.45, 2.75) is 38.1 Å². The van der Waals surface area contributed by atoms with E-state index in [0.29, 0.717) is 11.9 Å².